The van der Waals surface area contributed by atoms with Gasteiger partial charge >= 0.3 is 0 Å². The second-order valence-corrected chi connectivity index (χ2v) is 3.34. The van der Waals surface area contributed by atoms with Crippen molar-refractivity contribution in [2.24, 2.45) is 5.92 Å². The third-order valence-electron chi connectivity index (χ3n) is 2.07. The lowest BCUT2D eigenvalue weighted by Gasteiger charge is -2.16. The lowest BCUT2D eigenvalue weighted by molar-refractivity contribution is 0.401. The summed E-state index contributed by atoms with van der Waals surface area (Å²) in [4.78, 5) is 3.94. The van der Waals surface area contributed by atoms with Crippen molar-refractivity contribution in [3.05, 3.63) is 17.8 Å². The molecule has 1 aliphatic rings. The van der Waals surface area contributed by atoms with Crippen molar-refractivity contribution in [3.8, 4) is 6.07 Å². The zero-order valence-electron chi connectivity index (χ0n) is 7.82. The molecule has 0 bridgehead atoms. The molecule has 1 aromatic heterocycles. The first-order valence-corrected chi connectivity index (χ1v) is 4.45. The van der Waals surface area contributed by atoms with Gasteiger partial charge in [0.25, 0.3) is 11.7 Å². The van der Waals surface area contributed by atoms with Gasteiger partial charge in [-0.1, -0.05) is 13.0 Å². The molecular formula is C9H10N4O. The van der Waals surface area contributed by atoms with Gasteiger partial charge in [0.15, 0.2) is 0 Å². The van der Waals surface area contributed by atoms with E-state index in [-0.39, 0.29) is 5.82 Å². The lowest BCUT2D eigenvalue weighted by atomic mass is 10.0. The summed E-state index contributed by atoms with van der Waals surface area (Å²) in [5.41, 5.74) is 0.970. The fourth-order valence-electron chi connectivity index (χ4n) is 1.44. The SMILES string of the molecule is CC1C=C(c2nc(C#N)no2)CNC1. The first-order valence-electron chi connectivity index (χ1n) is 4.45. The molecule has 1 aliphatic heterocycles. The van der Waals surface area contributed by atoms with Crippen LogP contribution in [0, 0.1) is 17.2 Å². The van der Waals surface area contributed by atoms with Crippen LogP contribution < -0.4 is 5.32 Å². The van der Waals surface area contributed by atoms with Crippen molar-refractivity contribution in [3.63, 3.8) is 0 Å². The summed E-state index contributed by atoms with van der Waals surface area (Å²) in [5, 5.41) is 15.3. The zero-order chi connectivity index (χ0) is 9.97. The minimum Gasteiger partial charge on any atom is -0.333 e. The van der Waals surface area contributed by atoms with Crippen LogP contribution in [-0.4, -0.2) is 23.2 Å². The van der Waals surface area contributed by atoms with E-state index < -0.39 is 0 Å². The van der Waals surface area contributed by atoms with Crippen LogP contribution >= 0.6 is 0 Å². The van der Waals surface area contributed by atoms with Gasteiger partial charge in [-0.3, -0.25) is 0 Å². The van der Waals surface area contributed by atoms with E-state index in [2.05, 4.69) is 28.5 Å². The van der Waals surface area contributed by atoms with Crippen LogP contribution in [0.4, 0.5) is 0 Å². The molecule has 72 valence electrons. The molecule has 1 unspecified atom stereocenters. The van der Waals surface area contributed by atoms with E-state index in [0.717, 1.165) is 18.7 Å². The standard InChI is InChI=1S/C9H10N4O/c1-6-2-7(5-11-4-6)9-12-8(3-10)13-14-9/h2,6,11H,4-5H2,1H3. The van der Waals surface area contributed by atoms with Crippen LogP contribution in [0.15, 0.2) is 10.6 Å². The van der Waals surface area contributed by atoms with Crippen molar-refractivity contribution in [2.75, 3.05) is 13.1 Å². The molecule has 2 heterocycles. The molecule has 5 heteroatoms. The molecule has 1 N–H and O–H groups in total. The van der Waals surface area contributed by atoms with Crippen LogP contribution in [0.25, 0.3) is 5.57 Å². The number of nitriles is 1. The highest BCUT2D eigenvalue weighted by atomic mass is 16.5. The molecular weight excluding hydrogens is 180 g/mol. The second kappa shape index (κ2) is 3.60. The van der Waals surface area contributed by atoms with Gasteiger partial charge in [0, 0.05) is 18.7 Å². The molecule has 1 aromatic rings. The number of hydrogen-bond donors (Lipinski definition) is 1. The van der Waals surface area contributed by atoms with Crippen LogP contribution in [0.5, 0.6) is 0 Å². The Morgan fingerprint density at radius 3 is 3.21 bits per heavy atom. The molecule has 0 spiro atoms. The Balaban J connectivity index is 2.27. The van der Waals surface area contributed by atoms with Gasteiger partial charge in [0.05, 0.1) is 0 Å². The summed E-state index contributed by atoms with van der Waals surface area (Å²) in [5.74, 6) is 0.982. The highest BCUT2D eigenvalue weighted by molar-refractivity contribution is 5.61. The molecule has 14 heavy (non-hydrogen) atoms. The molecule has 0 amide bonds. The molecule has 5 nitrogen and oxygen atoms in total. The zero-order valence-corrected chi connectivity index (χ0v) is 7.82. The Morgan fingerprint density at radius 2 is 2.57 bits per heavy atom. The lowest BCUT2D eigenvalue weighted by Crippen LogP contribution is -2.27. The van der Waals surface area contributed by atoms with E-state index in [1.807, 2.05) is 6.07 Å². The Labute approximate surface area is 81.4 Å². The number of aromatic nitrogens is 2. The molecule has 0 aromatic carbocycles. The maximum Gasteiger partial charge on any atom is 0.273 e. The fourth-order valence-corrected chi connectivity index (χ4v) is 1.44. The summed E-state index contributed by atoms with van der Waals surface area (Å²) in [7, 11) is 0. The fraction of sp³-hybridized carbons (Fsp3) is 0.444. The first-order chi connectivity index (χ1) is 6.79. The Kier molecular flexibility index (Phi) is 2.29. The average molecular weight is 190 g/mol. The van der Waals surface area contributed by atoms with Crippen molar-refractivity contribution < 1.29 is 4.52 Å². The van der Waals surface area contributed by atoms with Gasteiger partial charge in [0.2, 0.25) is 0 Å². The molecule has 2 rings (SSSR count). The van der Waals surface area contributed by atoms with Crippen molar-refractivity contribution in [1.29, 1.82) is 5.26 Å². The maximum absolute atomic E-state index is 8.53. The maximum atomic E-state index is 8.53. The molecule has 0 saturated heterocycles. The highest BCUT2D eigenvalue weighted by Crippen LogP contribution is 2.17. The normalized spacial score (nSPS) is 21.4. The molecule has 0 fully saturated rings. The predicted molar refractivity (Wildman–Crippen MR) is 49.0 cm³/mol. The summed E-state index contributed by atoms with van der Waals surface area (Å²) >= 11 is 0. The van der Waals surface area contributed by atoms with E-state index >= 15 is 0 Å². The van der Waals surface area contributed by atoms with Gasteiger partial charge < -0.3 is 9.84 Å². The smallest absolute Gasteiger partial charge is 0.273 e. The minimum absolute atomic E-state index is 0.0825. The van der Waals surface area contributed by atoms with E-state index in [0.29, 0.717) is 11.8 Å². The van der Waals surface area contributed by atoms with Crippen LogP contribution in [-0.2, 0) is 0 Å². The summed E-state index contributed by atoms with van der Waals surface area (Å²) in [6.45, 7) is 3.79. The molecule has 0 saturated carbocycles. The topological polar surface area (TPSA) is 74.7 Å². The Morgan fingerprint density at radius 1 is 1.71 bits per heavy atom. The number of rotatable bonds is 1. The number of hydrogen-bond acceptors (Lipinski definition) is 5. The Bertz CT molecular complexity index is 401. The molecule has 1 atom stereocenters. The monoisotopic (exact) mass is 190 g/mol. The van der Waals surface area contributed by atoms with Crippen LogP contribution in [0.1, 0.15) is 18.6 Å². The predicted octanol–water partition coefficient (Wildman–Crippen LogP) is 0.564. The minimum atomic E-state index is 0.0825. The van der Waals surface area contributed by atoms with Crippen molar-refractivity contribution in [1.82, 2.24) is 15.5 Å². The number of nitrogens with zero attached hydrogens (tertiary/aromatic N) is 3. The van der Waals surface area contributed by atoms with Crippen LogP contribution in [0.3, 0.4) is 0 Å². The first kappa shape index (κ1) is 8.91. The largest absolute Gasteiger partial charge is 0.333 e. The van der Waals surface area contributed by atoms with Crippen molar-refractivity contribution >= 4 is 5.57 Å². The molecule has 0 radical (unpaired) electrons. The van der Waals surface area contributed by atoms with E-state index in [9.17, 15) is 0 Å². The number of nitrogens with one attached hydrogen (secondary N) is 1. The molecule has 0 aliphatic carbocycles. The third-order valence-corrected chi connectivity index (χ3v) is 2.07. The second-order valence-electron chi connectivity index (χ2n) is 3.34. The van der Waals surface area contributed by atoms with Gasteiger partial charge in [-0.25, -0.2) is 0 Å². The van der Waals surface area contributed by atoms with E-state index in [1.165, 1.54) is 0 Å². The summed E-state index contributed by atoms with van der Waals surface area (Å²) in [6.07, 6.45) is 2.09. The van der Waals surface area contributed by atoms with E-state index in [1.54, 1.807) is 0 Å². The van der Waals surface area contributed by atoms with Gasteiger partial charge in [-0.2, -0.15) is 10.2 Å². The van der Waals surface area contributed by atoms with Gasteiger partial charge in [-0.05, 0) is 11.1 Å². The third kappa shape index (κ3) is 1.65. The average Bonchev–Trinajstić information content (AvgIpc) is 2.66. The van der Waals surface area contributed by atoms with Gasteiger partial charge in [0.1, 0.15) is 6.07 Å². The highest BCUT2D eigenvalue weighted by Gasteiger charge is 2.15. The Hall–Kier alpha value is -1.67. The summed E-state index contributed by atoms with van der Waals surface area (Å²) < 4.78 is 4.95. The van der Waals surface area contributed by atoms with Crippen molar-refractivity contribution in [2.45, 2.75) is 6.92 Å². The quantitative estimate of drug-likeness (QED) is 0.700. The van der Waals surface area contributed by atoms with E-state index in [4.69, 9.17) is 9.78 Å². The van der Waals surface area contributed by atoms with Gasteiger partial charge in [-0.15, -0.1) is 0 Å². The summed E-state index contributed by atoms with van der Waals surface area (Å²) in [6, 6.07) is 1.83. The van der Waals surface area contributed by atoms with Crippen LogP contribution in [0.2, 0.25) is 0 Å².